The van der Waals surface area contributed by atoms with Crippen molar-refractivity contribution in [3.63, 3.8) is 0 Å². The first-order valence-electron chi connectivity index (χ1n) is 6.39. The summed E-state index contributed by atoms with van der Waals surface area (Å²) in [7, 11) is 3.24. The average Bonchev–Trinajstić information content (AvgIpc) is 2.88. The fourth-order valence-electron chi connectivity index (χ4n) is 2.01. The molecule has 0 aliphatic heterocycles. The molecule has 0 fully saturated rings. The molecule has 1 heterocycles. The van der Waals surface area contributed by atoms with Crippen LogP contribution in [0, 0.1) is 6.92 Å². The van der Waals surface area contributed by atoms with E-state index in [0.29, 0.717) is 24.5 Å². The predicted octanol–water partition coefficient (Wildman–Crippen LogP) is 1.19. The van der Waals surface area contributed by atoms with Gasteiger partial charge in [0.1, 0.15) is 0 Å². The molecule has 2 rings (SSSR count). The minimum atomic E-state index is 0.0775. The van der Waals surface area contributed by atoms with Gasteiger partial charge in [-0.2, -0.15) is 0 Å². The number of ether oxygens (including phenoxy) is 2. The Labute approximate surface area is 117 Å². The summed E-state index contributed by atoms with van der Waals surface area (Å²) in [5, 5.41) is 16.9. The third-order valence-corrected chi connectivity index (χ3v) is 3.13. The van der Waals surface area contributed by atoms with Crippen LogP contribution in [0.15, 0.2) is 18.3 Å². The number of rotatable bonds is 6. The van der Waals surface area contributed by atoms with Crippen molar-refractivity contribution in [2.75, 3.05) is 20.8 Å². The molecule has 0 amide bonds. The van der Waals surface area contributed by atoms with Gasteiger partial charge in [-0.05, 0) is 30.2 Å². The molecule has 1 aromatic heterocycles. The largest absolute Gasteiger partial charge is 0.493 e. The molecular formula is C14H19N3O3. The second-order valence-corrected chi connectivity index (χ2v) is 4.51. The minimum absolute atomic E-state index is 0.0775. The van der Waals surface area contributed by atoms with Crippen LogP contribution in [0.2, 0.25) is 0 Å². The van der Waals surface area contributed by atoms with E-state index in [1.54, 1.807) is 18.9 Å². The van der Waals surface area contributed by atoms with Gasteiger partial charge in [0.05, 0.1) is 26.5 Å². The van der Waals surface area contributed by atoms with Gasteiger partial charge in [0.15, 0.2) is 11.5 Å². The van der Waals surface area contributed by atoms with E-state index < -0.39 is 0 Å². The number of aliphatic hydroxyl groups excluding tert-OH is 1. The fourth-order valence-corrected chi connectivity index (χ4v) is 2.01. The van der Waals surface area contributed by atoms with Crippen LogP contribution in [0.25, 0.3) is 0 Å². The number of hydrogen-bond acceptors (Lipinski definition) is 5. The maximum atomic E-state index is 8.88. The van der Waals surface area contributed by atoms with Gasteiger partial charge in [-0.25, -0.2) is 4.68 Å². The van der Waals surface area contributed by atoms with Gasteiger partial charge in [-0.1, -0.05) is 5.21 Å². The topological polar surface area (TPSA) is 69.4 Å². The monoisotopic (exact) mass is 277 g/mol. The summed E-state index contributed by atoms with van der Waals surface area (Å²) in [6.45, 7) is 2.70. The highest BCUT2D eigenvalue weighted by Crippen LogP contribution is 2.30. The summed E-state index contributed by atoms with van der Waals surface area (Å²) in [6.07, 6.45) is 2.36. The number of hydrogen-bond donors (Lipinski definition) is 1. The normalized spacial score (nSPS) is 10.6. The number of methoxy groups -OCH3 is 2. The Hall–Kier alpha value is -2.08. The molecule has 6 nitrogen and oxygen atoms in total. The van der Waals surface area contributed by atoms with Crippen molar-refractivity contribution in [2.24, 2.45) is 0 Å². The Balaban J connectivity index is 2.23. The van der Waals surface area contributed by atoms with Gasteiger partial charge in [-0.15, -0.1) is 5.10 Å². The molecule has 0 aliphatic carbocycles. The molecule has 0 saturated carbocycles. The zero-order chi connectivity index (χ0) is 14.5. The molecule has 108 valence electrons. The summed E-state index contributed by atoms with van der Waals surface area (Å²) < 4.78 is 12.3. The van der Waals surface area contributed by atoms with Gasteiger partial charge >= 0.3 is 0 Å². The van der Waals surface area contributed by atoms with Crippen LogP contribution in [-0.2, 0) is 13.0 Å². The van der Waals surface area contributed by atoms with E-state index >= 15 is 0 Å². The van der Waals surface area contributed by atoms with Crippen molar-refractivity contribution in [1.82, 2.24) is 15.0 Å². The van der Waals surface area contributed by atoms with Crippen molar-refractivity contribution in [3.8, 4) is 11.5 Å². The van der Waals surface area contributed by atoms with E-state index in [-0.39, 0.29) is 6.61 Å². The third kappa shape index (κ3) is 3.08. The van der Waals surface area contributed by atoms with Crippen LogP contribution in [0.4, 0.5) is 0 Å². The van der Waals surface area contributed by atoms with Crippen LogP contribution >= 0.6 is 0 Å². The summed E-state index contributed by atoms with van der Waals surface area (Å²) in [5.74, 6) is 1.41. The lowest BCUT2D eigenvalue weighted by Crippen LogP contribution is -2.03. The van der Waals surface area contributed by atoms with Crippen LogP contribution in [0.1, 0.15) is 16.8 Å². The Morgan fingerprint density at radius 3 is 2.55 bits per heavy atom. The van der Waals surface area contributed by atoms with Crippen molar-refractivity contribution in [3.05, 3.63) is 35.2 Å². The van der Waals surface area contributed by atoms with Gasteiger partial charge in [0.25, 0.3) is 0 Å². The minimum Gasteiger partial charge on any atom is -0.493 e. The maximum absolute atomic E-state index is 8.88. The molecule has 1 N–H and O–H groups in total. The highest BCUT2D eigenvalue weighted by atomic mass is 16.5. The summed E-state index contributed by atoms with van der Waals surface area (Å²) >= 11 is 0. The van der Waals surface area contributed by atoms with E-state index in [2.05, 4.69) is 10.3 Å². The number of aliphatic hydroxyl groups is 1. The number of aryl methyl sites for hydroxylation is 1. The fraction of sp³-hybridized carbons (Fsp3) is 0.429. The molecule has 0 bridgehead atoms. The quantitative estimate of drug-likeness (QED) is 0.859. The van der Waals surface area contributed by atoms with Crippen LogP contribution in [0.5, 0.6) is 11.5 Å². The number of aromatic nitrogens is 3. The van der Waals surface area contributed by atoms with E-state index in [1.807, 2.05) is 25.3 Å². The molecule has 0 atom stereocenters. The first kappa shape index (κ1) is 14.3. The van der Waals surface area contributed by atoms with Crippen LogP contribution < -0.4 is 9.47 Å². The Bertz CT molecular complexity index is 581. The zero-order valence-corrected chi connectivity index (χ0v) is 12.0. The molecule has 0 radical (unpaired) electrons. The summed E-state index contributed by atoms with van der Waals surface area (Å²) in [5.41, 5.74) is 2.97. The zero-order valence-electron chi connectivity index (χ0n) is 12.0. The molecule has 1 aromatic carbocycles. The molecule has 0 saturated heterocycles. The third-order valence-electron chi connectivity index (χ3n) is 3.13. The second-order valence-electron chi connectivity index (χ2n) is 4.51. The SMILES string of the molecule is COc1cc(C)c(Cn2cc(CCO)nn2)cc1OC. The lowest BCUT2D eigenvalue weighted by Gasteiger charge is -2.12. The summed E-state index contributed by atoms with van der Waals surface area (Å²) in [6, 6.07) is 3.89. The molecule has 0 unspecified atom stereocenters. The first-order valence-corrected chi connectivity index (χ1v) is 6.39. The average molecular weight is 277 g/mol. The lowest BCUT2D eigenvalue weighted by atomic mass is 10.1. The number of benzene rings is 1. The highest BCUT2D eigenvalue weighted by Gasteiger charge is 2.10. The van der Waals surface area contributed by atoms with Crippen molar-refractivity contribution in [2.45, 2.75) is 19.9 Å². The summed E-state index contributed by atoms with van der Waals surface area (Å²) in [4.78, 5) is 0. The second kappa shape index (κ2) is 6.38. The van der Waals surface area contributed by atoms with E-state index in [0.717, 1.165) is 16.8 Å². The maximum Gasteiger partial charge on any atom is 0.161 e. The van der Waals surface area contributed by atoms with Crippen LogP contribution in [-0.4, -0.2) is 40.9 Å². The van der Waals surface area contributed by atoms with Crippen LogP contribution in [0.3, 0.4) is 0 Å². The first-order chi connectivity index (χ1) is 9.67. The van der Waals surface area contributed by atoms with Crippen molar-refractivity contribution >= 4 is 0 Å². The van der Waals surface area contributed by atoms with Crippen molar-refractivity contribution < 1.29 is 14.6 Å². The molecule has 0 aliphatic rings. The predicted molar refractivity (Wildman–Crippen MR) is 74.2 cm³/mol. The van der Waals surface area contributed by atoms with E-state index in [4.69, 9.17) is 14.6 Å². The van der Waals surface area contributed by atoms with Gasteiger partial charge in [0, 0.05) is 19.2 Å². The Morgan fingerprint density at radius 1 is 1.20 bits per heavy atom. The Morgan fingerprint density at radius 2 is 1.90 bits per heavy atom. The molecule has 20 heavy (non-hydrogen) atoms. The highest BCUT2D eigenvalue weighted by molar-refractivity contribution is 5.47. The van der Waals surface area contributed by atoms with Crippen molar-refractivity contribution in [1.29, 1.82) is 0 Å². The molecule has 2 aromatic rings. The van der Waals surface area contributed by atoms with Gasteiger partial charge in [-0.3, -0.25) is 0 Å². The smallest absolute Gasteiger partial charge is 0.161 e. The number of nitrogens with zero attached hydrogens (tertiary/aromatic N) is 3. The molecular weight excluding hydrogens is 258 g/mol. The molecule has 0 spiro atoms. The van der Waals surface area contributed by atoms with E-state index in [1.165, 1.54) is 0 Å². The standard InChI is InChI=1S/C14H19N3O3/c1-10-6-13(19-2)14(20-3)7-11(10)8-17-9-12(4-5-18)15-16-17/h6-7,9,18H,4-5,8H2,1-3H3. The van der Waals surface area contributed by atoms with Gasteiger partial charge < -0.3 is 14.6 Å². The lowest BCUT2D eigenvalue weighted by molar-refractivity contribution is 0.298. The Kier molecular flexibility index (Phi) is 4.57. The molecule has 6 heteroatoms. The van der Waals surface area contributed by atoms with Gasteiger partial charge in [0.2, 0.25) is 0 Å². The van der Waals surface area contributed by atoms with E-state index in [9.17, 15) is 0 Å².